The van der Waals surface area contributed by atoms with Crippen LogP contribution in [-0.2, 0) is 11.2 Å². The van der Waals surface area contributed by atoms with E-state index in [1.807, 2.05) is 30.3 Å². The van der Waals surface area contributed by atoms with Crippen LogP contribution in [0.4, 0.5) is 17.3 Å². The molecule has 7 heteroatoms. The van der Waals surface area contributed by atoms with Gasteiger partial charge in [-0.15, -0.1) is 0 Å². The maximum absolute atomic E-state index is 11.8. The van der Waals surface area contributed by atoms with Crippen LogP contribution in [0.1, 0.15) is 12.0 Å². The van der Waals surface area contributed by atoms with Crippen molar-refractivity contribution in [2.45, 2.75) is 12.8 Å². The molecule has 0 saturated carbocycles. The first-order valence-corrected chi connectivity index (χ1v) is 6.31. The predicted molar refractivity (Wildman–Crippen MR) is 78.7 cm³/mol. The third-order valence-electron chi connectivity index (χ3n) is 2.85. The molecule has 0 saturated heterocycles. The van der Waals surface area contributed by atoms with Gasteiger partial charge in [0.25, 0.3) is 0 Å². The molecule has 0 atom stereocenters. The van der Waals surface area contributed by atoms with Crippen LogP contribution in [0.3, 0.4) is 0 Å². The second-order valence-electron chi connectivity index (χ2n) is 4.39. The second kappa shape index (κ2) is 6.47. The average molecular weight is 286 g/mol. The minimum absolute atomic E-state index is 0.205. The molecular weight excluding hydrogens is 272 g/mol. The van der Waals surface area contributed by atoms with Gasteiger partial charge in [0.15, 0.2) is 0 Å². The van der Waals surface area contributed by atoms with Crippen molar-refractivity contribution in [3.05, 3.63) is 58.1 Å². The summed E-state index contributed by atoms with van der Waals surface area (Å²) in [6.07, 6.45) is 0.901. The number of pyridine rings is 1. The fourth-order valence-corrected chi connectivity index (χ4v) is 1.80. The molecule has 0 spiro atoms. The van der Waals surface area contributed by atoms with Crippen molar-refractivity contribution in [2.24, 2.45) is 0 Å². The summed E-state index contributed by atoms with van der Waals surface area (Å²) in [6.45, 7) is 0. The van der Waals surface area contributed by atoms with Gasteiger partial charge in [-0.05, 0) is 18.1 Å². The van der Waals surface area contributed by atoms with Gasteiger partial charge in [0.05, 0.1) is 4.92 Å². The molecule has 0 aliphatic carbocycles. The van der Waals surface area contributed by atoms with E-state index in [0.717, 1.165) is 5.56 Å². The van der Waals surface area contributed by atoms with Crippen LogP contribution in [0.5, 0.6) is 0 Å². The standard InChI is InChI=1S/C14H14N4O3/c15-14-11(18(20)21)7-8-12(17-14)16-13(19)9-6-10-4-2-1-3-5-10/h1-5,7-8H,6,9H2,(H3,15,16,17,19). The number of carbonyl (C=O) groups is 1. The zero-order valence-electron chi connectivity index (χ0n) is 11.2. The van der Waals surface area contributed by atoms with E-state index in [-0.39, 0.29) is 23.2 Å². The van der Waals surface area contributed by atoms with E-state index in [2.05, 4.69) is 10.3 Å². The van der Waals surface area contributed by atoms with E-state index in [4.69, 9.17) is 5.73 Å². The van der Waals surface area contributed by atoms with Crippen molar-refractivity contribution in [3.63, 3.8) is 0 Å². The van der Waals surface area contributed by atoms with Gasteiger partial charge in [0.1, 0.15) is 5.82 Å². The summed E-state index contributed by atoms with van der Waals surface area (Å²) in [5.41, 5.74) is 6.24. The molecule has 0 fully saturated rings. The van der Waals surface area contributed by atoms with Gasteiger partial charge in [0, 0.05) is 12.5 Å². The summed E-state index contributed by atoms with van der Waals surface area (Å²) in [7, 11) is 0. The Morgan fingerprint density at radius 2 is 1.95 bits per heavy atom. The van der Waals surface area contributed by atoms with Gasteiger partial charge in [-0.2, -0.15) is 0 Å². The smallest absolute Gasteiger partial charge is 0.311 e. The number of nitrogen functional groups attached to an aromatic ring is 1. The number of hydrogen-bond acceptors (Lipinski definition) is 5. The number of nitrogens with one attached hydrogen (secondary N) is 1. The summed E-state index contributed by atoms with van der Waals surface area (Å²) < 4.78 is 0. The van der Waals surface area contributed by atoms with Crippen molar-refractivity contribution >= 4 is 23.2 Å². The molecule has 1 aromatic heterocycles. The van der Waals surface area contributed by atoms with E-state index in [0.29, 0.717) is 12.8 Å². The minimum atomic E-state index is -0.622. The van der Waals surface area contributed by atoms with E-state index in [1.165, 1.54) is 12.1 Å². The van der Waals surface area contributed by atoms with Crippen LogP contribution < -0.4 is 11.1 Å². The number of hydrogen-bond donors (Lipinski definition) is 2. The number of aromatic nitrogens is 1. The summed E-state index contributed by atoms with van der Waals surface area (Å²) in [5.74, 6) is -0.239. The van der Waals surface area contributed by atoms with Crippen molar-refractivity contribution in [3.8, 4) is 0 Å². The molecule has 2 rings (SSSR count). The molecule has 1 aromatic carbocycles. The molecule has 0 aliphatic heterocycles. The quantitative estimate of drug-likeness (QED) is 0.646. The number of carbonyl (C=O) groups excluding carboxylic acids is 1. The van der Waals surface area contributed by atoms with Crippen LogP contribution in [0, 0.1) is 10.1 Å². The van der Waals surface area contributed by atoms with E-state index < -0.39 is 4.92 Å². The van der Waals surface area contributed by atoms with Crippen LogP contribution in [0.2, 0.25) is 0 Å². The SMILES string of the molecule is Nc1nc(NC(=O)CCc2ccccc2)ccc1[N+](=O)[O-]. The van der Waals surface area contributed by atoms with Gasteiger partial charge in [-0.1, -0.05) is 30.3 Å². The van der Waals surface area contributed by atoms with Crippen molar-refractivity contribution in [2.75, 3.05) is 11.1 Å². The topological polar surface area (TPSA) is 111 Å². The third kappa shape index (κ3) is 4.00. The number of anilines is 2. The lowest BCUT2D eigenvalue weighted by atomic mass is 10.1. The lowest BCUT2D eigenvalue weighted by molar-refractivity contribution is -0.384. The van der Waals surface area contributed by atoms with E-state index in [1.54, 1.807) is 0 Å². The highest BCUT2D eigenvalue weighted by Crippen LogP contribution is 2.20. The highest BCUT2D eigenvalue weighted by atomic mass is 16.6. The number of amides is 1. The number of aryl methyl sites for hydroxylation is 1. The van der Waals surface area contributed by atoms with E-state index >= 15 is 0 Å². The zero-order chi connectivity index (χ0) is 15.2. The lowest BCUT2D eigenvalue weighted by Crippen LogP contribution is -2.14. The normalized spacial score (nSPS) is 10.1. The summed E-state index contributed by atoms with van der Waals surface area (Å²) in [5, 5.41) is 13.2. The zero-order valence-corrected chi connectivity index (χ0v) is 11.2. The molecule has 21 heavy (non-hydrogen) atoms. The van der Waals surface area contributed by atoms with Crippen molar-refractivity contribution in [1.82, 2.24) is 4.98 Å². The Bertz CT molecular complexity index is 659. The Morgan fingerprint density at radius 3 is 2.57 bits per heavy atom. The number of nitro groups is 1. The predicted octanol–water partition coefficient (Wildman–Crippen LogP) is 2.14. The summed E-state index contributed by atoms with van der Waals surface area (Å²) >= 11 is 0. The van der Waals surface area contributed by atoms with Gasteiger partial charge >= 0.3 is 5.69 Å². The Balaban J connectivity index is 1.94. The summed E-state index contributed by atoms with van der Waals surface area (Å²) in [6, 6.07) is 12.2. The molecule has 2 aromatic rings. The fraction of sp³-hybridized carbons (Fsp3) is 0.143. The Kier molecular flexibility index (Phi) is 4.45. The van der Waals surface area contributed by atoms with Crippen LogP contribution in [0.15, 0.2) is 42.5 Å². The van der Waals surface area contributed by atoms with E-state index in [9.17, 15) is 14.9 Å². The van der Waals surface area contributed by atoms with Gasteiger partial charge in [0.2, 0.25) is 11.7 Å². The molecule has 7 nitrogen and oxygen atoms in total. The fourth-order valence-electron chi connectivity index (χ4n) is 1.80. The maximum Gasteiger partial charge on any atom is 0.311 e. The first kappa shape index (κ1) is 14.4. The monoisotopic (exact) mass is 286 g/mol. The van der Waals surface area contributed by atoms with Crippen LogP contribution in [0.25, 0.3) is 0 Å². The highest BCUT2D eigenvalue weighted by Gasteiger charge is 2.13. The van der Waals surface area contributed by atoms with Crippen LogP contribution >= 0.6 is 0 Å². The van der Waals surface area contributed by atoms with Gasteiger partial charge in [-0.3, -0.25) is 14.9 Å². The number of nitrogens with zero attached hydrogens (tertiary/aromatic N) is 2. The Labute approximate surface area is 121 Å². The molecule has 108 valence electrons. The van der Waals surface area contributed by atoms with Gasteiger partial charge in [-0.25, -0.2) is 4.98 Å². The van der Waals surface area contributed by atoms with Gasteiger partial charge < -0.3 is 11.1 Å². The molecule has 1 heterocycles. The number of rotatable bonds is 5. The molecule has 0 radical (unpaired) electrons. The highest BCUT2D eigenvalue weighted by molar-refractivity contribution is 5.90. The maximum atomic E-state index is 11.8. The van der Waals surface area contributed by atoms with Crippen molar-refractivity contribution in [1.29, 1.82) is 0 Å². The molecule has 0 aliphatic rings. The molecule has 0 bridgehead atoms. The molecule has 1 amide bonds. The number of nitrogens with two attached hydrogens (primary N) is 1. The minimum Gasteiger partial charge on any atom is -0.378 e. The summed E-state index contributed by atoms with van der Waals surface area (Å²) in [4.78, 5) is 25.6. The molecular formula is C14H14N4O3. The largest absolute Gasteiger partial charge is 0.378 e. The van der Waals surface area contributed by atoms with Crippen LogP contribution in [-0.4, -0.2) is 15.8 Å². The first-order valence-electron chi connectivity index (χ1n) is 6.31. The molecule has 0 unspecified atom stereocenters. The molecule has 3 N–H and O–H groups in total. The Morgan fingerprint density at radius 1 is 1.24 bits per heavy atom. The number of benzene rings is 1. The third-order valence-corrected chi connectivity index (χ3v) is 2.85. The lowest BCUT2D eigenvalue weighted by Gasteiger charge is -2.05. The average Bonchev–Trinajstić information content (AvgIpc) is 2.46. The first-order chi connectivity index (χ1) is 10.1. The Hall–Kier alpha value is -2.96. The van der Waals surface area contributed by atoms with Crippen molar-refractivity contribution < 1.29 is 9.72 Å². The second-order valence-corrected chi connectivity index (χ2v) is 4.39.